The summed E-state index contributed by atoms with van der Waals surface area (Å²) in [4.78, 5) is 25.2. The normalized spacial score (nSPS) is 18.7. The van der Waals surface area contributed by atoms with Crippen molar-refractivity contribution >= 4 is 10.9 Å². The van der Waals surface area contributed by atoms with Crippen molar-refractivity contribution in [1.82, 2.24) is 13.7 Å². The fourth-order valence-electron chi connectivity index (χ4n) is 3.78. The molecule has 0 aliphatic carbocycles. The summed E-state index contributed by atoms with van der Waals surface area (Å²) in [6.07, 6.45) is -2.83. The molecule has 1 N–H and O–H groups in total. The number of fused-ring (bicyclic) bond motifs is 3. The Hall–Kier alpha value is -2.81. The quantitative estimate of drug-likeness (QED) is 0.702. The average Bonchev–Trinajstić information content (AvgIpc) is 2.97. The molecule has 6 nitrogen and oxygen atoms in total. The number of alkyl halides is 2. The number of aromatic nitrogens is 3. The first-order valence-electron chi connectivity index (χ1n) is 8.29. The molecular weight excluding hydrogens is 363 g/mol. The second-order valence-corrected chi connectivity index (χ2v) is 6.74. The van der Waals surface area contributed by atoms with Crippen LogP contribution in [0.3, 0.4) is 0 Å². The van der Waals surface area contributed by atoms with Crippen LogP contribution in [0.2, 0.25) is 0 Å². The first-order chi connectivity index (χ1) is 12.6. The van der Waals surface area contributed by atoms with Crippen LogP contribution in [0.25, 0.3) is 22.2 Å². The molecule has 3 heterocycles. The van der Waals surface area contributed by atoms with Gasteiger partial charge in [-0.05, 0) is 12.1 Å². The summed E-state index contributed by atoms with van der Waals surface area (Å²) in [6.45, 7) is -0.183. The first-order valence-corrected chi connectivity index (χ1v) is 8.29. The van der Waals surface area contributed by atoms with Gasteiger partial charge in [0.25, 0.3) is 11.5 Å². The monoisotopic (exact) mass is 379 g/mol. The minimum Gasteiger partial charge on any atom is -0.380 e. The minimum atomic E-state index is -3.41. The van der Waals surface area contributed by atoms with Crippen LogP contribution in [0.15, 0.2) is 33.9 Å². The lowest BCUT2D eigenvalue weighted by Crippen LogP contribution is -2.38. The van der Waals surface area contributed by atoms with E-state index >= 15 is 0 Å². The van der Waals surface area contributed by atoms with Gasteiger partial charge in [-0.1, -0.05) is 12.1 Å². The highest BCUT2D eigenvalue weighted by atomic mass is 19.3. The molecule has 27 heavy (non-hydrogen) atoms. The molecule has 142 valence electrons. The summed E-state index contributed by atoms with van der Waals surface area (Å²) >= 11 is 0. The Bertz CT molecular complexity index is 1210. The standard InChI is InChI=1S/C18H16F3N3O3/c1-22-13-11(16(26)23(2)17(22)27)12(9-4-3-5-10(19)8-9)24-7-6-18(20,21)15(25)14(13)24/h3-5,8,15,25H,6-7H2,1-2H3. The Morgan fingerprint density at radius 3 is 2.56 bits per heavy atom. The number of rotatable bonds is 1. The van der Waals surface area contributed by atoms with Crippen molar-refractivity contribution in [1.29, 1.82) is 0 Å². The number of benzene rings is 1. The second kappa shape index (κ2) is 5.59. The van der Waals surface area contributed by atoms with Gasteiger partial charge in [-0.3, -0.25) is 13.9 Å². The minimum absolute atomic E-state index is 0.00282. The van der Waals surface area contributed by atoms with Gasteiger partial charge in [-0.2, -0.15) is 0 Å². The molecule has 1 aromatic carbocycles. The van der Waals surface area contributed by atoms with E-state index in [9.17, 15) is 27.9 Å². The van der Waals surface area contributed by atoms with E-state index in [0.29, 0.717) is 5.56 Å². The molecule has 2 aromatic heterocycles. The SMILES string of the molecule is Cn1c(=O)c2c(-c3cccc(F)c3)n3c(c2n(C)c1=O)C(O)C(F)(F)CC3. The number of hydrogen-bond acceptors (Lipinski definition) is 3. The Labute approximate surface area is 150 Å². The van der Waals surface area contributed by atoms with Gasteiger partial charge >= 0.3 is 5.69 Å². The van der Waals surface area contributed by atoms with Gasteiger partial charge in [0.05, 0.1) is 22.3 Å². The highest BCUT2D eigenvalue weighted by molar-refractivity contribution is 5.96. The van der Waals surface area contributed by atoms with Gasteiger partial charge in [0.1, 0.15) is 5.82 Å². The number of aryl methyl sites for hydroxylation is 1. The zero-order valence-corrected chi connectivity index (χ0v) is 14.5. The van der Waals surface area contributed by atoms with Crippen LogP contribution in [0, 0.1) is 5.82 Å². The van der Waals surface area contributed by atoms with E-state index in [1.807, 2.05) is 0 Å². The number of aliphatic hydroxyl groups excluding tert-OH is 1. The van der Waals surface area contributed by atoms with E-state index in [0.717, 1.165) is 9.13 Å². The van der Waals surface area contributed by atoms with Crippen molar-refractivity contribution in [3.63, 3.8) is 0 Å². The van der Waals surface area contributed by atoms with Gasteiger partial charge < -0.3 is 9.67 Å². The zero-order valence-electron chi connectivity index (χ0n) is 14.5. The van der Waals surface area contributed by atoms with E-state index in [2.05, 4.69) is 0 Å². The number of nitrogens with zero attached hydrogens (tertiary/aromatic N) is 3. The molecule has 0 saturated carbocycles. The topological polar surface area (TPSA) is 69.2 Å². The van der Waals surface area contributed by atoms with E-state index < -0.39 is 35.5 Å². The van der Waals surface area contributed by atoms with Crippen LogP contribution in [0.4, 0.5) is 13.2 Å². The van der Waals surface area contributed by atoms with E-state index in [4.69, 9.17) is 0 Å². The Morgan fingerprint density at radius 2 is 1.89 bits per heavy atom. The maximum absolute atomic E-state index is 14.2. The Kier molecular flexibility index (Phi) is 3.64. The number of halogens is 3. The van der Waals surface area contributed by atoms with Gasteiger partial charge in [0.2, 0.25) is 0 Å². The molecule has 0 bridgehead atoms. The van der Waals surface area contributed by atoms with E-state index in [1.54, 1.807) is 6.07 Å². The molecule has 0 fully saturated rings. The van der Waals surface area contributed by atoms with Gasteiger partial charge in [0, 0.05) is 32.6 Å². The third-order valence-electron chi connectivity index (χ3n) is 5.13. The fourth-order valence-corrected chi connectivity index (χ4v) is 3.78. The molecule has 0 radical (unpaired) electrons. The molecule has 1 aliphatic rings. The zero-order chi connectivity index (χ0) is 19.7. The van der Waals surface area contributed by atoms with Crippen molar-refractivity contribution in [3.8, 4) is 11.3 Å². The summed E-state index contributed by atoms with van der Waals surface area (Å²) < 4.78 is 45.5. The predicted octanol–water partition coefficient (Wildman–Crippen LogP) is 1.92. The average molecular weight is 379 g/mol. The summed E-state index contributed by atoms with van der Waals surface area (Å²) in [6, 6.07) is 5.40. The fraction of sp³-hybridized carbons (Fsp3) is 0.333. The summed E-state index contributed by atoms with van der Waals surface area (Å²) in [5.41, 5.74) is -1.14. The van der Waals surface area contributed by atoms with Crippen LogP contribution in [0.1, 0.15) is 18.2 Å². The third kappa shape index (κ3) is 2.31. The maximum atomic E-state index is 14.2. The highest BCUT2D eigenvalue weighted by Gasteiger charge is 2.47. The summed E-state index contributed by atoms with van der Waals surface area (Å²) in [5, 5.41) is 10.3. The van der Waals surface area contributed by atoms with Gasteiger partial charge in [-0.15, -0.1) is 0 Å². The molecule has 1 atom stereocenters. The van der Waals surface area contributed by atoms with Crippen molar-refractivity contribution in [2.75, 3.05) is 0 Å². The Balaban J connectivity index is 2.26. The largest absolute Gasteiger partial charge is 0.380 e. The summed E-state index contributed by atoms with van der Waals surface area (Å²) in [7, 11) is 2.63. The predicted molar refractivity (Wildman–Crippen MR) is 92.3 cm³/mol. The number of hydrogen-bond donors (Lipinski definition) is 1. The van der Waals surface area contributed by atoms with Crippen LogP contribution >= 0.6 is 0 Å². The van der Waals surface area contributed by atoms with Crippen molar-refractivity contribution < 1.29 is 18.3 Å². The molecular formula is C18H16F3N3O3. The van der Waals surface area contributed by atoms with Crippen molar-refractivity contribution in [2.24, 2.45) is 14.1 Å². The molecule has 1 aliphatic heterocycles. The van der Waals surface area contributed by atoms with Gasteiger partial charge in [-0.25, -0.2) is 18.0 Å². The second-order valence-electron chi connectivity index (χ2n) is 6.74. The van der Waals surface area contributed by atoms with Crippen LogP contribution in [0.5, 0.6) is 0 Å². The molecule has 3 aromatic rings. The van der Waals surface area contributed by atoms with Crippen molar-refractivity contribution in [3.05, 3.63) is 56.6 Å². The summed E-state index contributed by atoms with van der Waals surface area (Å²) in [5.74, 6) is -3.96. The van der Waals surface area contributed by atoms with Crippen LogP contribution in [-0.2, 0) is 20.6 Å². The lowest BCUT2D eigenvalue weighted by molar-refractivity contribution is -0.130. The lowest BCUT2D eigenvalue weighted by Gasteiger charge is -2.30. The molecule has 0 spiro atoms. The molecule has 1 unspecified atom stereocenters. The van der Waals surface area contributed by atoms with Crippen LogP contribution < -0.4 is 11.2 Å². The molecule has 4 rings (SSSR count). The lowest BCUT2D eigenvalue weighted by atomic mass is 10.0. The smallest absolute Gasteiger partial charge is 0.331 e. The van der Waals surface area contributed by atoms with E-state index in [-0.39, 0.29) is 28.8 Å². The Morgan fingerprint density at radius 1 is 1.19 bits per heavy atom. The maximum Gasteiger partial charge on any atom is 0.331 e. The van der Waals surface area contributed by atoms with Gasteiger partial charge in [0.15, 0.2) is 6.10 Å². The molecule has 0 amide bonds. The van der Waals surface area contributed by atoms with Crippen molar-refractivity contribution in [2.45, 2.75) is 25.0 Å². The van der Waals surface area contributed by atoms with Crippen LogP contribution in [-0.4, -0.2) is 24.7 Å². The molecule has 9 heteroatoms. The highest BCUT2D eigenvalue weighted by Crippen LogP contribution is 2.45. The van der Waals surface area contributed by atoms with E-state index in [1.165, 1.54) is 36.9 Å². The third-order valence-corrected chi connectivity index (χ3v) is 5.13. The number of aliphatic hydroxyl groups is 1. The molecule has 0 saturated heterocycles. The first kappa shape index (κ1) is 17.6.